The van der Waals surface area contributed by atoms with Gasteiger partial charge < -0.3 is 4.74 Å². The molecule has 1 rings (SSSR count). The lowest BCUT2D eigenvalue weighted by atomic mass is 10.1. The second-order valence-electron chi connectivity index (χ2n) is 6.63. The van der Waals surface area contributed by atoms with Crippen molar-refractivity contribution in [2.24, 2.45) is 0 Å². The molecule has 1 aliphatic rings. The highest BCUT2D eigenvalue weighted by Crippen LogP contribution is 2.19. The lowest BCUT2D eigenvalue weighted by molar-refractivity contribution is -0.148. The predicted octanol–water partition coefficient (Wildman–Crippen LogP) is 4.93. The monoisotopic (exact) mass is 311 g/mol. The normalized spacial score (nSPS) is 18.7. The van der Waals surface area contributed by atoms with Crippen LogP contribution in [0.1, 0.15) is 90.9 Å². The van der Waals surface area contributed by atoms with Crippen LogP contribution in [-0.2, 0) is 9.53 Å². The predicted molar refractivity (Wildman–Crippen MR) is 93.1 cm³/mol. The Hall–Kier alpha value is -0.570. The van der Waals surface area contributed by atoms with Gasteiger partial charge in [0, 0.05) is 0 Å². The number of rotatable bonds is 13. The van der Waals surface area contributed by atoms with Crippen molar-refractivity contribution in [3.63, 3.8) is 0 Å². The summed E-state index contributed by atoms with van der Waals surface area (Å²) < 4.78 is 5.18. The minimum absolute atomic E-state index is 0.00733. The van der Waals surface area contributed by atoms with E-state index >= 15 is 0 Å². The van der Waals surface area contributed by atoms with Crippen LogP contribution < -0.4 is 0 Å². The fraction of sp³-hybridized carbons (Fsp3) is 0.947. The molecule has 0 radical (unpaired) electrons. The molecule has 22 heavy (non-hydrogen) atoms. The van der Waals surface area contributed by atoms with E-state index in [1.165, 1.54) is 64.2 Å². The van der Waals surface area contributed by atoms with Gasteiger partial charge in [-0.05, 0) is 39.3 Å². The molecule has 130 valence electrons. The molecule has 0 unspecified atom stereocenters. The van der Waals surface area contributed by atoms with Gasteiger partial charge in [-0.3, -0.25) is 9.69 Å². The van der Waals surface area contributed by atoms with Crippen molar-refractivity contribution in [1.82, 2.24) is 4.90 Å². The van der Waals surface area contributed by atoms with Crippen LogP contribution in [0.3, 0.4) is 0 Å². The minimum atomic E-state index is -0.00733. The van der Waals surface area contributed by atoms with E-state index in [0.717, 1.165) is 25.9 Å². The molecule has 0 aromatic rings. The Balaban J connectivity index is 1.96. The van der Waals surface area contributed by atoms with Gasteiger partial charge in [0.05, 0.1) is 6.61 Å². The first-order valence-corrected chi connectivity index (χ1v) is 9.70. The van der Waals surface area contributed by atoms with Crippen LogP contribution in [0.25, 0.3) is 0 Å². The van der Waals surface area contributed by atoms with Crippen LogP contribution in [-0.4, -0.2) is 36.6 Å². The van der Waals surface area contributed by atoms with Crippen molar-refractivity contribution in [3.05, 3.63) is 0 Å². The molecule has 1 aliphatic heterocycles. The molecule has 3 heteroatoms. The summed E-state index contributed by atoms with van der Waals surface area (Å²) >= 11 is 0. The number of ether oxygens (including phenoxy) is 1. The summed E-state index contributed by atoms with van der Waals surface area (Å²) in [5.74, 6) is -0.00733. The maximum atomic E-state index is 11.9. The molecule has 0 saturated carbocycles. The highest BCUT2D eigenvalue weighted by atomic mass is 16.5. The maximum absolute atomic E-state index is 11.9. The third-order valence-corrected chi connectivity index (χ3v) is 4.72. The lowest BCUT2D eigenvalue weighted by Gasteiger charge is -2.22. The van der Waals surface area contributed by atoms with Crippen LogP contribution in [0.5, 0.6) is 0 Å². The van der Waals surface area contributed by atoms with Crippen LogP contribution in [0.15, 0.2) is 0 Å². The topological polar surface area (TPSA) is 29.5 Å². The SMILES string of the molecule is CCCCCCCCCCCCN1CCC[C@H]1C(=O)OCC. The second-order valence-corrected chi connectivity index (χ2v) is 6.63. The Morgan fingerprint density at radius 1 is 0.955 bits per heavy atom. The third kappa shape index (κ3) is 8.17. The highest BCUT2D eigenvalue weighted by Gasteiger charge is 2.30. The summed E-state index contributed by atoms with van der Waals surface area (Å²) in [5, 5.41) is 0. The summed E-state index contributed by atoms with van der Waals surface area (Å²) in [5.41, 5.74) is 0. The van der Waals surface area contributed by atoms with Gasteiger partial charge in [-0.2, -0.15) is 0 Å². The lowest BCUT2D eigenvalue weighted by Crippen LogP contribution is -2.37. The van der Waals surface area contributed by atoms with E-state index < -0.39 is 0 Å². The molecule has 0 amide bonds. The van der Waals surface area contributed by atoms with Crippen LogP contribution in [0.2, 0.25) is 0 Å². The summed E-state index contributed by atoms with van der Waals surface area (Å²) in [4.78, 5) is 14.2. The summed E-state index contributed by atoms with van der Waals surface area (Å²) in [6, 6.07) is 0.0403. The zero-order chi connectivity index (χ0) is 16.0. The molecule has 0 N–H and O–H groups in total. The Morgan fingerprint density at radius 2 is 1.55 bits per heavy atom. The molecule has 1 fully saturated rings. The van der Waals surface area contributed by atoms with Crippen molar-refractivity contribution < 1.29 is 9.53 Å². The summed E-state index contributed by atoms with van der Waals surface area (Å²) in [6.45, 7) is 6.80. The molecule has 0 aromatic heterocycles. The molecule has 0 aromatic carbocycles. The molecular weight excluding hydrogens is 274 g/mol. The van der Waals surface area contributed by atoms with E-state index in [4.69, 9.17) is 4.74 Å². The average Bonchev–Trinajstić information content (AvgIpc) is 2.98. The largest absolute Gasteiger partial charge is 0.465 e. The molecule has 1 heterocycles. The Bertz CT molecular complexity index is 281. The summed E-state index contributed by atoms with van der Waals surface area (Å²) in [6.07, 6.45) is 15.8. The van der Waals surface area contributed by atoms with Crippen molar-refractivity contribution in [2.45, 2.75) is 96.9 Å². The Labute approximate surface area is 137 Å². The molecule has 0 spiro atoms. The van der Waals surface area contributed by atoms with Crippen LogP contribution in [0.4, 0.5) is 0 Å². The smallest absolute Gasteiger partial charge is 0.323 e. The molecule has 3 nitrogen and oxygen atoms in total. The first-order chi connectivity index (χ1) is 10.8. The fourth-order valence-electron chi connectivity index (χ4n) is 3.40. The van der Waals surface area contributed by atoms with Crippen LogP contribution in [0, 0.1) is 0 Å². The zero-order valence-corrected chi connectivity index (χ0v) is 14.9. The standard InChI is InChI=1S/C19H37NO2/c1-3-5-6-7-8-9-10-11-12-13-16-20-17-14-15-18(20)19(21)22-4-2/h18H,3-17H2,1-2H3/t18-/m0/s1. The van der Waals surface area contributed by atoms with Gasteiger partial charge in [0.2, 0.25) is 0 Å². The number of unbranched alkanes of at least 4 members (excludes halogenated alkanes) is 9. The minimum Gasteiger partial charge on any atom is -0.465 e. The number of carbonyl (C=O) groups excluding carboxylic acids is 1. The number of carbonyl (C=O) groups is 1. The highest BCUT2D eigenvalue weighted by molar-refractivity contribution is 5.76. The van der Waals surface area contributed by atoms with Gasteiger partial charge in [0.25, 0.3) is 0 Å². The van der Waals surface area contributed by atoms with Crippen molar-refractivity contribution >= 4 is 5.97 Å². The van der Waals surface area contributed by atoms with E-state index in [1.807, 2.05) is 6.92 Å². The Kier molecular flexibility index (Phi) is 11.4. The van der Waals surface area contributed by atoms with Gasteiger partial charge in [0.15, 0.2) is 0 Å². The van der Waals surface area contributed by atoms with Gasteiger partial charge in [-0.15, -0.1) is 0 Å². The molecule has 0 aliphatic carbocycles. The molecular formula is C19H37NO2. The average molecular weight is 312 g/mol. The van der Waals surface area contributed by atoms with E-state index in [-0.39, 0.29) is 12.0 Å². The molecule has 1 saturated heterocycles. The zero-order valence-electron chi connectivity index (χ0n) is 14.9. The van der Waals surface area contributed by atoms with E-state index in [1.54, 1.807) is 0 Å². The second kappa shape index (κ2) is 12.9. The van der Waals surface area contributed by atoms with Crippen molar-refractivity contribution in [2.75, 3.05) is 19.7 Å². The molecule has 0 bridgehead atoms. The number of nitrogens with zero attached hydrogens (tertiary/aromatic N) is 1. The number of hydrogen-bond donors (Lipinski definition) is 0. The maximum Gasteiger partial charge on any atom is 0.323 e. The van der Waals surface area contributed by atoms with Gasteiger partial charge in [0.1, 0.15) is 6.04 Å². The number of esters is 1. The van der Waals surface area contributed by atoms with Crippen molar-refractivity contribution in [3.8, 4) is 0 Å². The molecule has 1 atom stereocenters. The van der Waals surface area contributed by atoms with Crippen molar-refractivity contribution in [1.29, 1.82) is 0 Å². The van der Waals surface area contributed by atoms with E-state index in [9.17, 15) is 4.79 Å². The first-order valence-electron chi connectivity index (χ1n) is 9.70. The van der Waals surface area contributed by atoms with E-state index in [2.05, 4.69) is 11.8 Å². The number of hydrogen-bond acceptors (Lipinski definition) is 3. The first kappa shape index (κ1) is 19.5. The van der Waals surface area contributed by atoms with Gasteiger partial charge in [-0.1, -0.05) is 64.7 Å². The van der Waals surface area contributed by atoms with E-state index in [0.29, 0.717) is 6.61 Å². The number of likely N-dealkylation sites (tertiary alicyclic amines) is 1. The fourth-order valence-corrected chi connectivity index (χ4v) is 3.40. The van der Waals surface area contributed by atoms with Gasteiger partial charge in [-0.25, -0.2) is 0 Å². The van der Waals surface area contributed by atoms with Gasteiger partial charge >= 0.3 is 5.97 Å². The quantitative estimate of drug-likeness (QED) is 0.356. The van der Waals surface area contributed by atoms with Crippen LogP contribution >= 0.6 is 0 Å². The Morgan fingerprint density at radius 3 is 2.14 bits per heavy atom. The third-order valence-electron chi connectivity index (χ3n) is 4.72. The summed E-state index contributed by atoms with van der Waals surface area (Å²) in [7, 11) is 0.